The van der Waals surface area contributed by atoms with Gasteiger partial charge in [0.15, 0.2) is 34.8 Å². The highest BCUT2D eigenvalue weighted by atomic mass is 19.2. The van der Waals surface area contributed by atoms with Crippen molar-refractivity contribution >= 4 is 17.3 Å². The summed E-state index contributed by atoms with van der Waals surface area (Å²) in [5.41, 5.74) is -3.86. The number of alkyl halides is 1. The molecule has 1 N–H and O–H groups in total. The lowest BCUT2D eigenvalue weighted by molar-refractivity contribution is 0.0932. The maximum atomic E-state index is 15.8. The Labute approximate surface area is 159 Å². The van der Waals surface area contributed by atoms with Gasteiger partial charge in [0, 0.05) is 23.6 Å². The van der Waals surface area contributed by atoms with Crippen molar-refractivity contribution in [2.75, 3.05) is 5.32 Å². The molecule has 0 radical (unpaired) electrons. The first-order valence-corrected chi connectivity index (χ1v) is 8.25. The van der Waals surface area contributed by atoms with Crippen molar-refractivity contribution in [1.29, 1.82) is 0 Å². The summed E-state index contributed by atoms with van der Waals surface area (Å²) in [6, 6.07) is 5.19. The number of carbonyl (C=O) groups is 2. The van der Waals surface area contributed by atoms with Gasteiger partial charge < -0.3 is 5.32 Å². The molecule has 3 nitrogen and oxygen atoms in total. The van der Waals surface area contributed by atoms with Gasteiger partial charge in [0.2, 0.25) is 5.79 Å². The van der Waals surface area contributed by atoms with Gasteiger partial charge in [-0.25, -0.2) is 26.3 Å². The minimum atomic E-state index is -3.20. The number of nitrogens with one attached hydrogen (secondary N) is 1. The number of fused-ring (bicyclic) bond motifs is 1. The van der Waals surface area contributed by atoms with Crippen molar-refractivity contribution in [3.63, 3.8) is 0 Å². The van der Waals surface area contributed by atoms with E-state index in [1.54, 1.807) is 5.32 Å². The molecule has 2 aliphatic carbocycles. The highest BCUT2D eigenvalue weighted by Crippen LogP contribution is 2.44. The van der Waals surface area contributed by atoms with E-state index in [1.165, 1.54) is 24.3 Å². The first-order chi connectivity index (χ1) is 13.7. The highest BCUT2D eigenvalue weighted by molar-refractivity contribution is 6.29. The number of benzene rings is 2. The Hall–Kier alpha value is -3.36. The van der Waals surface area contributed by atoms with Gasteiger partial charge >= 0.3 is 0 Å². The first-order valence-electron chi connectivity index (χ1n) is 8.25. The fourth-order valence-corrected chi connectivity index (χ4v) is 3.41. The van der Waals surface area contributed by atoms with Gasteiger partial charge in [0.1, 0.15) is 11.5 Å². The molecule has 0 saturated heterocycles. The van der Waals surface area contributed by atoms with E-state index in [9.17, 15) is 31.5 Å². The second kappa shape index (κ2) is 6.33. The Kier molecular flexibility index (Phi) is 4.14. The third-order valence-corrected chi connectivity index (χ3v) is 4.75. The molecule has 0 amide bonds. The van der Waals surface area contributed by atoms with Crippen LogP contribution in [-0.4, -0.2) is 17.4 Å². The first kappa shape index (κ1) is 19.0. The molecule has 0 saturated carbocycles. The minimum absolute atomic E-state index is 0.0720. The quantitative estimate of drug-likeness (QED) is 0.434. The van der Waals surface area contributed by atoms with E-state index in [0.29, 0.717) is 6.08 Å². The van der Waals surface area contributed by atoms with Crippen LogP contribution in [0.25, 0.3) is 0 Å². The molecule has 2 aliphatic rings. The van der Waals surface area contributed by atoms with Gasteiger partial charge in [-0.3, -0.25) is 9.59 Å². The van der Waals surface area contributed by atoms with Crippen molar-refractivity contribution in [3.8, 4) is 0 Å². The van der Waals surface area contributed by atoms with Crippen LogP contribution in [0.15, 0.2) is 53.4 Å². The number of rotatable bonds is 2. The summed E-state index contributed by atoms with van der Waals surface area (Å²) in [6.07, 6.45) is -0.355. The normalized spacial score (nSPS) is 21.0. The molecule has 9 heteroatoms. The van der Waals surface area contributed by atoms with Crippen molar-refractivity contribution < 1.29 is 35.9 Å². The number of halogens is 6. The zero-order chi connectivity index (χ0) is 21.1. The van der Waals surface area contributed by atoms with Crippen LogP contribution in [0.4, 0.5) is 32.0 Å². The monoisotopic (exact) mass is 409 g/mol. The SMILES string of the molecule is O=C1C2=C(C(=O)c3ccccc31)C(F)(Nc1c(F)c(F)cc(F)c1F)CC=C2F. The lowest BCUT2D eigenvalue weighted by Gasteiger charge is -2.35. The van der Waals surface area contributed by atoms with Gasteiger partial charge in [-0.05, 0) is 6.08 Å². The molecule has 4 rings (SSSR count). The smallest absolute Gasteiger partial charge is 0.214 e. The second-order valence-electron chi connectivity index (χ2n) is 6.48. The largest absolute Gasteiger partial charge is 0.344 e. The average Bonchev–Trinajstić information content (AvgIpc) is 2.70. The van der Waals surface area contributed by atoms with Crippen LogP contribution >= 0.6 is 0 Å². The Morgan fingerprint density at radius 1 is 0.862 bits per heavy atom. The summed E-state index contributed by atoms with van der Waals surface area (Å²) < 4.78 is 85.1. The average molecular weight is 409 g/mol. The molecule has 0 fully saturated rings. The number of allylic oxidation sites excluding steroid dienone is 2. The molecule has 2 aromatic rings. The third kappa shape index (κ3) is 2.68. The summed E-state index contributed by atoms with van der Waals surface area (Å²) in [4.78, 5) is 25.5. The van der Waals surface area contributed by atoms with Crippen molar-refractivity contribution in [3.05, 3.63) is 87.8 Å². The van der Waals surface area contributed by atoms with Crippen LogP contribution in [-0.2, 0) is 0 Å². The van der Waals surface area contributed by atoms with E-state index in [4.69, 9.17) is 0 Å². The lowest BCUT2D eigenvalue weighted by Crippen LogP contribution is -2.44. The number of Topliss-reactive ketones (excluding diaryl/α,β-unsaturated/α-hetero) is 2. The van der Waals surface area contributed by atoms with E-state index in [-0.39, 0.29) is 17.2 Å². The van der Waals surface area contributed by atoms with E-state index in [0.717, 1.165) is 0 Å². The van der Waals surface area contributed by atoms with Crippen LogP contribution < -0.4 is 5.32 Å². The molecule has 0 heterocycles. The summed E-state index contributed by atoms with van der Waals surface area (Å²) in [5, 5.41) is 1.64. The molecule has 0 aliphatic heterocycles. The van der Waals surface area contributed by atoms with Crippen LogP contribution in [0.3, 0.4) is 0 Å². The molecule has 0 aromatic heterocycles. The van der Waals surface area contributed by atoms with Gasteiger partial charge in [-0.2, -0.15) is 0 Å². The third-order valence-electron chi connectivity index (χ3n) is 4.75. The Bertz CT molecular complexity index is 1140. The number of anilines is 1. The van der Waals surface area contributed by atoms with E-state index in [1.807, 2.05) is 0 Å². The maximum Gasteiger partial charge on any atom is 0.214 e. The fraction of sp³-hybridized carbons (Fsp3) is 0.100. The predicted molar refractivity (Wildman–Crippen MR) is 89.7 cm³/mol. The molecule has 0 bridgehead atoms. The second-order valence-corrected chi connectivity index (χ2v) is 6.48. The van der Waals surface area contributed by atoms with Crippen LogP contribution in [0.1, 0.15) is 27.1 Å². The Morgan fingerprint density at radius 2 is 1.41 bits per heavy atom. The van der Waals surface area contributed by atoms with Crippen molar-refractivity contribution in [1.82, 2.24) is 0 Å². The fourth-order valence-electron chi connectivity index (χ4n) is 3.41. The molecule has 0 spiro atoms. The zero-order valence-corrected chi connectivity index (χ0v) is 14.3. The van der Waals surface area contributed by atoms with E-state index in [2.05, 4.69) is 0 Å². The van der Waals surface area contributed by atoms with Crippen LogP contribution in [0.2, 0.25) is 0 Å². The maximum absolute atomic E-state index is 15.8. The standard InChI is InChI=1S/C20H9F6NO2/c21-10-5-6-20(26,27-17-15(24)11(22)7-12(23)16(17)25)14-13(10)18(28)8-3-1-2-4-9(8)19(14)29/h1-5,7,27H,6H2. The van der Waals surface area contributed by atoms with Crippen LogP contribution in [0.5, 0.6) is 0 Å². The van der Waals surface area contributed by atoms with E-state index >= 15 is 4.39 Å². The molecule has 1 unspecified atom stereocenters. The van der Waals surface area contributed by atoms with E-state index < -0.39 is 69.7 Å². The highest BCUT2D eigenvalue weighted by Gasteiger charge is 2.49. The van der Waals surface area contributed by atoms with Crippen LogP contribution in [0, 0.1) is 23.3 Å². The Morgan fingerprint density at radius 3 is 2.00 bits per heavy atom. The van der Waals surface area contributed by atoms with Gasteiger partial charge in [-0.1, -0.05) is 24.3 Å². The molecular weight excluding hydrogens is 400 g/mol. The number of carbonyl (C=O) groups excluding carboxylic acids is 2. The van der Waals surface area contributed by atoms with Gasteiger partial charge in [0.25, 0.3) is 0 Å². The summed E-state index contributed by atoms with van der Waals surface area (Å²) >= 11 is 0. The van der Waals surface area contributed by atoms with Crippen molar-refractivity contribution in [2.45, 2.75) is 12.2 Å². The van der Waals surface area contributed by atoms with Gasteiger partial charge in [-0.15, -0.1) is 0 Å². The lowest BCUT2D eigenvalue weighted by atomic mass is 9.76. The molecule has 1 atom stereocenters. The number of ketones is 2. The molecular formula is C20H9F6NO2. The summed E-state index contributed by atoms with van der Waals surface area (Å²) in [5.74, 6) is -14.0. The predicted octanol–water partition coefficient (Wildman–Crippen LogP) is 4.95. The minimum Gasteiger partial charge on any atom is -0.344 e. The molecule has 29 heavy (non-hydrogen) atoms. The topological polar surface area (TPSA) is 46.2 Å². The summed E-state index contributed by atoms with van der Waals surface area (Å²) in [7, 11) is 0. The number of hydrogen-bond donors (Lipinski definition) is 1. The van der Waals surface area contributed by atoms with Gasteiger partial charge in [0.05, 0.1) is 11.1 Å². The Balaban J connectivity index is 1.91. The number of hydrogen-bond acceptors (Lipinski definition) is 3. The summed E-state index contributed by atoms with van der Waals surface area (Å²) in [6.45, 7) is 0. The molecule has 2 aromatic carbocycles. The zero-order valence-electron chi connectivity index (χ0n) is 14.3. The molecule has 148 valence electrons. The van der Waals surface area contributed by atoms with Crippen molar-refractivity contribution in [2.24, 2.45) is 0 Å².